The molecule has 98 valence electrons. The average molecular weight is 252 g/mol. The molecule has 1 unspecified atom stereocenters. The van der Waals surface area contributed by atoms with E-state index in [0.29, 0.717) is 0 Å². The molecule has 0 spiro atoms. The number of benzene rings is 2. The number of hydrogen-bond acceptors (Lipinski definition) is 1. The summed E-state index contributed by atoms with van der Waals surface area (Å²) >= 11 is 0. The van der Waals surface area contributed by atoms with E-state index in [2.05, 4.69) is 51.1 Å². The van der Waals surface area contributed by atoms with Crippen LogP contribution < -0.4 is 0 Å². The minimum absolute atomic E-state index is 0.787. The predicted molar refractivity (Wildman–Crippen MR) is 78.4 cm³/mol. The van der Waals surface area contributed by atoms with Gasteiger partial charge in [-0.3, -0.25) is 0 Å². The largest absolute Gasteiger partial charge is 0.380 e. The van der Waals surface area contributed by atoms with E-state index in [1.54, 1.807) is 0 Å². The molecule has 1 heteroatoms. The molecular formula is C18H20O. The van der Waals surface area contributed by atoms with Crippen LogP contribution in [0.5, 0.6) is 0 Å². The Morgan fingerprint density at radius 2 is 1.58 bits per heavy atom. The van der Waals surface area contributed by atoms with Gasteiger partial charge in [-0.1, -0.05) is 36.4 Å². The topological polar surface area (TPSA) is 20.2 Å². The molecule has 1 atom stereocenters. The van der Waals surface area contributed by atoms with E-state index in [4.69, 9.17) is 0 Å². The highest BCUT2D eigenvalue weighted by molar-refractivity contribution is 5.49. The Morgan fingerprint density at radius 1 is 0.895 bits per heavy atom. The summed E-state index contributed by atoms with van der Waals surface area (Å²) in [6.07, 6.45) is 1.74. The van der Waals surface area contributed by atoms with Crippen molar-refractivity contribution < 1.29 is 5.11 Å². The third-order valence-corrected chi connectivity index (χ3v) is 4.51. The number of aliphatic hydroxyl groups is 1. The first-order chi connectivity index (χ1) is 9.02. The summed E-state index contributed by atoms with van der Waals surface area (Å²) in [5, 5.41) is 11.2. The van der Waals surface area contributed by atoms with Crippen LogP contribution in [-0.2, 0) is 12.0 Å². The van der Waals surface area contributed by atoms with Crippen molar-refractivity contribution in [2.24, 2.45) is 0 Å². The summed E-state index contributed by atoms with van der Waals surface area (Å²) in [5.74, 6) is 0. The second-order valence-corrected chi connectivity index (χ2v) is 5.77. The van der Waals surface area contributed by atoms with Crippen LogP contribution >= 0.6 is 0 Å². The summed E-state index contributed by atoms with van der Waals surface area (Å²) in [6, 6.07) is 12.6. The Balaban J connectivity index is 2.20. The maximum atomic E-state index is 11.2. The van der Waals surface area contributed by atoms with Gasteiger partial charge in [-0.25, -0.2) is 0 Å². The van der Waals surface area contributed by atoms with Crippen LogP contribution in [0.1, 0.15) is 39.8 Å². The lowest BCUT2D eigenvalue weighted by Crippen LogP contribution is -2.25. The van der Waals surface area contributed by atoms with E-state index < -0.39 is 5.60 Å². The highest BCUT2D eigenvalue weighted by atomic mass is 16.3. The van der Waals surface area contributed by atoms with E-state index in [1.807, 2.05) is 6.07 Å². The SMILES string of the molecule is Cc1cc(C)c(C2(O)CCc3ccccc32)cc1C. The van der Waals surface area contributed by atoms with Crippen molar-refractivity contribution >= 4 is 0 Å². The van der Waals surface area contributed by atoms with E-state index in [1.165, 1.54) is 22.3 Å². The molecule has 0 heterocycles. The standard InChI is InChI=1S/C18H20O/c1-12-10-14(3)17(11-13(12)2)18(19)9-8-15-6-4-5-7-16(15)18/h4-7,10-11,19H,8-9H2,1-3H3. The Morgan fingerprint density at radius 3 is 2.37 bits per heavy atom. The normalized spacial score (nSPS) is 21.5. The van der Waals surface area contributed by atoms with Crippen LogP contribution in [0.2, 0.25) is 0 Å². The molecule has 0 aliphatic heterocycles. The van der Waals surface area contributed by atoms with Crippen LogP contribution in [0.15, 0.2) is 36.4 Å². The van der Waals surface area contributed by atoms with Gasteiger partial charge in [0.2, 0.25) is 0 Å². The fraction of sp³-hybridized carbons (Fsp3) is 0.333. The number of aryl methyl sites for hydroxylation is 4. The van der Waals surface area contributed by atoms with Crippen LogP contribution in [-0.4, -0.2) is 5.11 Å². The lowest BCUT2D eigenvalue weighted by atomic mass is 9.83. The second kappa shape index (κ2) is 4.21. The Bertz CT molecular complexity index is 642. The molecular weight excluding hydrogens is 232 g/mol. The Labute approximate surface area is 114 Å². The van der Waals surface area contributed by atoms with Gasteiger partial charge in [-0.2, -0.15) is 0 Å². The molecule has 1 nitrogen and oxygen atoms in total. The molecule has 0 bridgehead atoms. The van der Waals surface area contributed by atoms with Gasteiger partial charge < -0.3 is 5.11 Å². The number of fused-ring (bicyclic) bond motifs is 1. The lowest BCUT2D eigenvalue weighted by Gasteiger charge is -2.27. The second-order valence-electron chi connectivity index (χ2n) is 5.77. The first kappa shape index (κ1) is 12.4. The fourth-order valence-electron chi connectivity index (χ4n) is 3.28. The van der Waals surface area contributed by atoms with Crippen LogP contribution in [0.4, 0.5) is 0 Å². The molecule has 1 N–H and O–H groups in total. The molecule has 0 amide bonds. The molecule has 2 aromatic carbocycles. The van der Waals surface area contributed by atoms with Crippen LogP contribution in [0, 0.1) is 20.8 Å². The van der Waals surface area contributed by atoms with Gasteiger partial charge in [-0.15, -0.1) is 0 Å². The zero-order valence-corrected chi connectivity index (χ0v) is 11.8. The summed E-state index contributed by atoms with van der Waals surface area (Å²) in [6.45, 7) is 6.34. The summed E-state index contributed by atoms with van der Waals surface area (Å²) in [7, 11) is 0. The van der Waals surface area contributed by atoms with Gasteiger partial charge in [0.1, 0.15) is 5.60 Å². The van der Waals surface area contributed by atoms with Crippen LogP contribution in [0.25, 0.3) is 0 Å². The molecule has 3 rings (SSSR count). The molecule has 19 heavy (non-hydrogen) atoms. The van der Waals surface area contributed by atoms with Gasteiger partial charge in [0.05, 0.1) is 0 Å². The van der Waals surface area contributed by atoms with Gasteiger partial charge in [0, 0.05) is 0 Å². The first-order valence-corrected chi connectivity index (χ1v) is 6.91. The molecule has 0 saturated carbocycles. The highest BCUT2D eigenvalue weighted by Gasteiger charge is 2.39. The average Bonchev–Trinajstić information content (AvgIpc) is 2.73. The van der Waals surface area contributed by atoms with E-state index >= 15 is 0 Å². The molecule has 2 aromatic rings. The molecule has 0 radical (unpaired) electrons. The van der Waals surface area contributed by atoms with E-state index in [9.17, 15) is 5.11 Å². The lowest BCUT2D eigenvalue weighted by molar-refractivity contribution is 0.0822. The Kier molecular flexibility index (Phi) is 2.75. The minimum atomic E-state index is -0.806. The third-order valence-electron chi connectivity index (χ3n) is 4.51. The summed E-state index contributed by atoms with van der Waals surface area (Å²) in [4.78, 5) is 0. The van der Waals surface area contributed by atoms with Crippen molar-refractivity contribution in [1.82, 2.24) is 0 Å². The van der Waals surface area contributed by atoms with Crippen molar-refractivity contribution in [3.05, 3.63) is 69.8 Å². The quantitative estimate of drug-likeness (QED) is 0.818. The third kappa shape index (κ3) is 1.81. The summed E-state index contributed by atoms with van der Waals surface area (Å²) in [5.41, 5.74) is 6.35. The summed E-state index contributed by atoms with van der Waals surface area (Å²) < 4.78 is 0. The van der Waals surface area contributed by atoms with Crippen molar-refractivity contribution in [3.8, 4) is 0 Å². The van der Waals surface area contributed by atoms with E-state index in [0.717, 1.165) is 24.0 Å². The first-order valence-electron chi connectivity index (χ1n) is 6.91. The van der Waals surface area contributed by atoms with Gasteiger partial charge in [0.15, 0.2) is 0 Å². The highest BCUT2D eigenvalue weighted by Crippen LogP contribution is 2.43. The monoisotopic (exact) mass is 252 g/mol. The molecule has 0 saturated heterocycles. The van der Waals surface area contributed by atoms with Gasteiger partial charge >= 0.3 is 0 Å². The van der Waals surface area contributed by atoms with Crippen molar-refractivity contribution in [2.45, 2.75) is 39.2 Å². The zero-order valence-electron chi connectivity index (χ0n) is 11.8. The smallest absolute Gasteiger partial charge is 0.115 e. The fourth-order valence-corrected chi connectivity index (χ4v) is 3.28. The van der Waals surface area contributed by atoms with Crippen molar-refractivity contribution in [3.63, 3.8) is 0 Å². The van der Waals surface area contributed by atoms with Crippen molar-refractivity contribution in [2.75, 3.05) is 0 Å². The van der Waals surface area contributed by atoms with E-state index in [-0.39, 0.29) is 0 Å². The minimum Gasteiger partial charge on any atom is -0.380 e. The van der Waals surface area contributed by atoms with Crippen molar-refractivity contribution in [1.29, 1.82) is 0 Å². The van der Waals surface area contributed by atoms with Gasteiger partial charge in [-0.05, 0) is 67.0 Å². The predicted octanol–water partition coefficient (Wildman–Crippen LogP) is 3.79. The number of rotatable bonds is 1. The molecule has 0 fully saturated rings. The maximum Gasteiger partial charge on any atom is 0.115 e. The number of hydrogen-bond donors (Lipinski definition) is 1. The zero-order chi connectivity index (χ0) is 13.6. The maximum absolute atomic E-state index is 11.2. The van der Waals surface area contributed by atoms with Gasteiger partial charge in [0.25, 0.3) is 0 Å². The Hall–Kier alpha value is -1.60. The molecule has 0 aromatic heterocycles. The molecule has 1 aliphatic rings. The molecule has 1 aliphatic carbocycles. The van der Waals surface area contributed by atoms with Crippen LogP contribution in [0.3, 0.4) is 0 Å².